The fourth-order valence-electron chi connectivity index (χ4n) is 2.17. The number of nitrogens with zero attached hydrogens (tertiary/aromatic N) is 3. The number of carbonyl (C=O) groups excluding carboxylic acids is 1. The highest BCUT2D eigenvalue weighted by Gasteiger charge is 2.11. The van der Waals surface area contributed by atoms with Gasteiger partial charge >= 0.3 is 0 Å². The first-order valence-corrected chi connectivity index (χ1v) is 7.06. The summed E-state index contributed by atoms with van der Waals surface area (Å²) in [5.41, 5.74) is 2.10. The summed E-state index contributed by atoms with van der Waals surface area (Å²) in [6.45, 7) is 2.36. The van der Waals surface area contributed by atoms with Crippen LogP contribution in [0.25, 0.3) is 5.65 Å². The van der Waals surface area contributed by atoms with Crippen LogP contribution in [-0.4, -0.2) is 26.9 Å². The monoisotopic (exact) mass is 296 g/mol. The SMILES string of the molecule is CCOc1ncccc1NC(=O)Cc1cn2ccccc2n1. The zero-order valence-corrected chi connectivity index (χ0v) is 12.2. The van der Waals surface area contributed by atoms with Gasteiger partial charge in [-0.15, -0.1) is 0 Å². The van der Waals surface area contributed by atoms with Crippen LogP contribution in [0.1, 0.15) is 12.6 Å². The molecule has 0 aliphatic carbocycles. The minimum atomic E-state index is -0.155. The molecule has 0 fully saturated rings. The Morgan fingerprint density at radius 2 is 2.23 bits per heavy atom. The van der Waals surface area contributed by atoms with Crippen molar-refractivity contribution in [2.24, 2.45) is 0 Å². The summed E-state index contributed by atoms with van der Waals surface area (Å²) >= 11 is 0. The highest BCUT2D eigenvalue weighted by Crippen LogP contribution is 2.20. The molecule has 0 saturated carbocycles. The number of amides is 1. The van der Waals surface area contributed by atoms with Crippen molar-refractivity contribution in [1.82, 2.24) is 14.4 Å². The summed E-state index contributed by atoms with van der Waals surface area (Å²) in [4.78, 5) is 20.7. The maximum absolute atomic E-state index is 12.2. The summed E-state index contributed by atoms with van der Waals surface area (Å²) in [7, 11) is 0. The molecule has 0 radical (unpaired) electrons. The highest BCUT2D eigenvalue weighted by atomic mass is 16.5. The number of imidazole rings is 1. The van der Waals surface area contributed by atoms with E-state index in [-0.39, 0.29) is 12.3 Å². The molecular weight excluding hydrogens is 280 g/mol. The number of anilines is 1. The summed E-state index contributed by atoms with van der Waals surface area (Å²) in [5, 5.41) is 2.81. The van der Waals surface area contributed by atoms with Crippen LogP contribution in [0.4, 0.5) is 5.69 Å². The topological polar surface area (TPSA) is 68.5 Å². The Kier molecular flexibility index (Phi) is 4.00. The fourth-order valence-corrected chi connectivity index (χ4v) is 2.17. The average Bonchev–Trinajstić information content (AvgIpc) is 2.91. The van der Waals surface area contributed by atoms with Crippen molar-refractivity contribution in [3.63, 3.8) is 0 Å². The lowest BCUT2D eigenvalue weighted by Crippen LogP contribution is -2.15. The third-order valence-corrected chi connectivity index (χ3v) is 3.08. The molecule has 1 amide bonds. The lowest BCUT2D eigenvalue weighted by Gasteiger charge is -2.09. The van der Waals surface area contributed by atoms with Crippen molar-refractivity contribution < 1.29 is 9.53 Å². The summed E-state index contributed by atoms with van der Waals surface area (Å²) in [6, 6.07) is 9.25. The molecule has 3 aromatic heterocycles. The molecule has 0 atom stereocenters. The van der Waals surface area contributed by atoms with E-state index < -0.39 is 0 Å². The lowest BCUT2D eigenvalue weighted by molar-refractivity contribution is -0.115. The number of aromatic nitrogens is 3. The van der Waals surface area contributed by atoms with E-state index in [9.17, 15) is 4.79 Å². The number of hydrogen-bond acceptors (Lipinski definition) is 4. The molecule has 6 nitrogen and oxygen atoms in total. The Bertz CT molecular complexity index is 764. The number of nitrogens with one attached hydrogen (secondary N) is 1. The van der Waals surface area contributed by atoms with E-state index in [2.05, 4.69) is 15.3 Å². The molecule has 0 aromatic carbocycles. The van der Waals surface area contributed by atoms with Crippen LogP contribution in [0.2, 0.25) is 0 Å². The van der Waals surface area contributed by atoms with Gasteiger partial charge in [-0.2, -0.15) is 0 Å². The summed E-state index contributed by atoms with van der Waals surface area (Å²) < 4.78 is 7.28. The van der Waals surface area contributed by atoms with Crippen LogP contribution in [-0.2, 0) is 11.2 Å². The van der Waals surface area contributed by atoms with Crippen molar-refractivity contribution in [3.05, 3.63) is 54.6 Å². The third kappa shape index (κ3) is 3.06. The smallest absolute Gasteiger partial charge is 0.237 e. The zero-order valence-electron chi connectivity index (χ0n) is 12.2. The van der Waals surface area contributed by atoms with Gasteiger partial charge in [0.1, 0.15) is 11.3 Å². The van der Waals surface area contributed by atoms with Crippen molar-refractivity contribution in [2.75, 3.05) is 11.9 Å². The number of ether oxygens (including phenoxy) is 1. The molecule has 1 N–H and O–H groups in total. The van der Waals surface area contributed by atoms with Crippen LogP contribution >= 0.6 is 0 Å². The molecule has 112 valence electrons. The number of rotatable bonds is 5. The average molecular weight is 296 g/mol. The van der Waals surface area contributed by atoms with Gasteiger partial charge in [0.2, 0.25) is 11.8 Å². The number of fused-ring (bicyclic) bond motifs is 1. The molecule has 0 bridgehead atoms. The van der Waals surface area contributed by atoms with Crippen LogP contribution in [0.15, 0.2) is 48.9 Å². The third-order valence-electron chi connectivity index (χ3n) is 3.08. The van der Waals surface area contributed by atoms with E-state index in [0.717, 1.165) is 5.65 Å². The maximum Gasteiger partial charge on any atom is 0.237 e. The molecule has 0 aliphatic rings. The van der Waals surface area contributed by atoms with Crippen LogP contribution in [0.3, 0.4) is 0 Å². The van der Waals surface area contributed by atoms with Crippen LogP contribution in [0, 0.1) is 0 Å². The Morgan fingerprint density at radius 1 is 1.32 bits per heavy atom. The summed E-state index contributed by atoms with van der Waals surface area (Å²) in [5.74, 6) is 0.269. The van der Waals surface area contributed by atoms with Gasteiger partial charge < -0.3 is 14.5 Å². The van der Waals surface area contributed by atoms with Crippen LogP contribution in [0.5, 0.6) is 5.88 Å². The van der Waals surface area contributed by atoms with E-state index in [1.165, 1.54) is 0 Å². The largest absolute Gasteiger partial charge is 0.476 e. The Labute approximate surface area is 127 Å². The van der Waals surface area contributed by atoms with Gasteiger partial charge in [-0.3, -0.25) is 4.79 Å². The molecule has 3 rings (SSSR count). The molecule has 6 heteroatoms. The van der Waals surface area contributed by atoms with E-state index in [1.54, 1.807) is 18.3 Å². The van der Waals surface area contributed by atoms with Crippen molar-refractivity contribution in [1.29, 1.82) is 0 Å². The quantitative estimate of drug-likeness (QED) is 0.784. The molecule has 0 spiro atoms. The van der Waals surface area contributed by atoms with Gasteiger partial charge in [-0.1, -0.05) is 6.07 Å². The van der Waals surface area contributed by atoms with Gasteiger partial charge in [0.05, 0.1) is 18.7 Å². The lowest BCUT2D eigenvalue weighted by atomic mass is 10.3. The standard InChI is InChI=1S/C16H16N4O2/c1-2-22-16-13(6-5-8-17-16)19-15(21)10-12-11-20-9-4-3-7-14(20)18-12/h3-9,11H,2,10H2,1H3,(H,19,21). The normalized spacial score (nSPS) is 10.6. The highest BCUT2D eigenvalue weighted by molar-refractivity contribution is 5.93. The second kappa shape index (κ2) is 6.26. The first kappa shape index (κ1) is 14.1. The van der Waals surface area contributed by atoms with Crippen molar-refractivity contribution in [3.8, 4) is 5.88 Å². The fraction of sp³-hybridized carbons (Fsp3) is 0.188. The van der Waals surface area contributed by atoms with Crippen molar-refractivity contribution >= 4 is 17.2 Å². The van der Waals surface area contributed by atoms with Gasteiger partial charge in [0, 0.05) is 18.6 Å². The molecule has 3 heterocycles. The van der Waals surface area contributed by atoms with Gasteiger partial charge in [0.15, 0.2) is 0 Å². The van der Waals surface area contributed by atoms with E-state index in [4.69, 9.17) is 4.74 Å². The van der Waals surface area contributed by atoms with Crippen molar-refractivity contribution in [2.45, 2.75) is 13.3 Å². The van der Waals surface area contributed by atoms with Gasteiger partial charge in [0.25, 0.3) is 0 Å². The van der Waals surface area contributed by atoms with Gasteiger partial charge in [-0.25, -0.2) is 9.97 Å². The number of hydrogen-bond donors (Lipinski definition) is 1. The first-order valence-electron chi connectivity index (χ1n) is 7.06. The van der Waals surface area contributed by atoms with E-state index in [0.29, 0.717) is 23.9 Å². The maximum atomic E-state index is 12.2. The molecule has 0 saturated heterocycles. The van der Waals surface area contributed by atoms with Gasteiger partial charge in [-0.05, 0) is 31.2 Å². The number of pyridine rings is 2. The zero-order chi connectivity index (χ0) is 15.4. The Morgan fingerprint density at radius 3 is 3.05 bits per heavy atom. The van der Waals surface area contributed by atoms with E-state index >= 15 is 0 Å². The molecule has 0 unspecified atom stereocenters. The predicted octanol–water partition coefficient (Wildman–Crippen LogP) is 2.31. The molecule has 0 aliphatic heterocycles. The molecule has 3 aromatic rings. The minimum Gasteiger partial charge on any atom is -0.476 e. The molecule has 22 heavy (non-hydrogen) atoms. The van der Waals surface area contributed by atoms with Crippen LogP contribution < -0.4 is 10.1 Å². The Hall–Kier alpha value is -2.89. The molecular formula is C16H16N4O2. The second-order valence-electron chi connectivity index (χ2n) is 4.71. The Balaban J connectivity index is 1.72. The first-order chi connectivity index (χ1) is 10.8. The second-order valence-corrected chi connectivity index (χ2v) is 4.71. The minimum absolute atomic E-state index is 0.155. The summed E-state index contributed by atoms with van der Waals surface area (Å²) in [6.07, 6.45) is 5.57. The van der Waals surface area contributed by atoms with E-state index in [1.807, 2.05) is 41.9 Å². The number of carbonyl (C=O) groups is 1. The predicted molar refractivity (Wildman–Crippen MR) is 82.9 cm³/mol.